The maximum atomic E-state index is 6.35. The van der Waals surface area contributed by atoms with Crippen LogP contribution in [0.5, 0.6) is 0 Å². The predicted molar refractivity (Wildman–Crippen MR) is 123 cm³/mol. The Labute approximate surface area is 187 Å². The molecule has 9 nitrogen and oxygen atoms in total. The summed E-state index contributed by atoms with van der Waals surface area (Å²) in [5.74, 6) is 1.33. The summed E-state index contributed by atoms with van der Waals surface area (Å²) in [6.07, 6.45) is 5.81. The molecule has 2 saturated heterocycles. The Balaban J connectivity index is 1.58. The average Bonchev–Trinajstić information content (AvgIpc) is 3.14. The van der Waals surface area contributed by atoms with Gasteiger partial charge in [0.2, 0.25) is 0 Å². The van der Waals surface area contributed by atoms with Crippen LogP contribution in [0.2, 0.25) is 0 Å². The van der Waals surface area contributed by atoms with Gasteiger partial charge in [0.15, 0.2) is 0 Å². The van der Waals surface area contributed by atoms with Crippen LogP contribution in [-0.4, -0.2) is 62.2 Å². The third-order valence-electron chi connectivity index (χ3n) is 6.31. The molecular weight excluding hydrogens is 406 g/mol. The Morgan fingerprint density at radius 1 is 0.938 bits per heavy atom. The van der Waals surface area contributed by atoms with E-state index in [0.29, 0.717) is 5.82 Å². The molecular formula is C23H31N7O2. The van der Waals surface area contributed by atoms with E-state index in [1.54, 1.807) is 12.5 Å². The van der Waals surface area contributed by atoms with Crippen LogP contribution in [0.4, 0.5) is 11.6 Å². The zero-order valence-electron chi connectivity index (χ0n) is 19.1. The lowest BCUT2D eigenvalue weighted by atomic mass is 10.00. The second-order valence-electron chi connectivity index (χ2n) is 9.19. The number of aromatic nitrogens is 5. The number of nitrogens with zero attached hydrogens (tertiary/aromatic N) is 6. The van der Waals surface area contributed by atoms with Gasteiger partial charge in [-0.05, 0) is 46.6 Å². The first-order chi connectivity index (χ1) is 15.4. The molecule has 170 valence electrons. The van der Waals surface area contributed by atoms with Gasteiger partial charge < -0.3 is 20.1 Å². The van der Waals surface area contributed by atoms with Gasteiger partial charge in [-0.2, -0.15) is 5.10 Å². The average molecular weight is 438 g/mol. The van der Waals surface area contributed by atoms with E-state index in [9.17, 15) is 0 Å². The number of rotatable bonds is 3. The first kappa shape index (κ1) is 21.1. The molecule has 5 heterocycles. The molecule has 2 aliphatic rings. The van der Waals surface area contributed by atoms with Crippen molar-refractivity contribution in [2.75, 3.05) is 23.7 Å². The number of hydrogen-bond acceptors (Lipinski definition) is 8. The molecule has 5 rings (SSSR count). The normalized spacial score (nSPS) is 28.9. The molecule has 2 unspecified atom stereocenters. The van der Waals surface area contributed by atoms with E-state index in [-0.39, 0.29) is 30.5 Å². The van der Waals surface area contributed by atoms with Crippen LogP contribution < -0.4 is 10.6 Å². The molecule has 0 aliphatic carbocycles. The molecule has 3 aromatic heterocycles. The minimum atomic E-state index is 0.148. The van der Waals surface area contributed by atoms with E-state index in [0.717, 1.165) is 54.0 Å². The van der Waals surface area contributed by atoms with Gasteiger partial charge in [-0.25, -0.2) is 15.0 Å². The maximum Gasteiger partial charge on any atom is 0.135 e. The molecule has 0 saturated carbocycles. The van der Waals surface area contributed by atoms with Crippen molar-refractivity contribution in [1.29, 1.82) is 0 Å². The molecule has 2 fully saturated rings. The van der Waals surface area contributed by atoms with Crippen molar-refractivity contribution in [3.63, 3.8) is 0 Å². The third-order valence-corrected chi connectivity index (χ3v) is 6.31. The van der Waals surface area contributed by atoms with Crippen LogP contribution in [0, 0.1) is 0 Å². The van der Waals surface area contributed by atoms with Gasteiger partial charge in [0.1, 0.15) is 23.7 Å². The van der Waals surface area contributed by atoms with Gasteiger partial charge in [0, 0.05) is 25.4 Å². The van der Waals surface area contributed by atoms with E-state index < -0.39 is 0 Å². The SMILES string of the molecule is CC1CC(n2nc(-c3cc(N4C[C@@H](C)O[C@@H](C)C4)ncn3)c3c(N)nccc32)CC(C)O1. The molecule has 2 N–H and O–H groups in total. The van der Waals surface area contributed by atoms with E-state index in [1.807, 2.05) is 12.1 Å². The molecule has 0 amide bonds. The molecule has 0 aromatic carbocycles. The van der Waals surface area contributed by atoms with Gasteiger partial charge in [0.05, 0.1) is 47.1 Å². The standard InChI is InChI=1S/C23H31N7O2/c1-13-7-17(8-14(2)31-13)30-19-5-6-25-23(24)21(19)22(28-30)18-9-20(27-12-26-18)29-10-15(3)32-16(4)11-29/h5-6,9,12-17H,7-8,10-11H2,1-4H3,(H2,24,25)/t13?,14?,15-,16+,17?. The van der Waals surface area contributed by atoms with Crippen LogP contribution in [-0.2, 0) is 9.47 Å². The number of anilines is 2. The molecule has 0 spiro atoms. The van der Waals surface area contributed by atoms with Crippen molar-refractivity contribution in [3.8, 4) is 11.4 Å². The van der Waals surface area contributed by atoms with Crippen molar-refractivity contribution in [2.45, 2.75) is 71.0 Å². The van der Waals surface area contributed by atoms with Crippen LogP contribution in [0.25, 0.3) is 22.3 Å². The van der Waals surface area contributed by atoms with Crippen LogP contribution in [0.15, 0.2) is 24.7 Å². The number of morpholine rings is 1. The number of pyridine rings is 1. The largest absolute Gasteiger partial charge is 0.383 e. The smallest absolute Gasteiger partial charge is 0.135 e. The number of fused-ring (bicyclic) bond motifs is 1. The Kier molecular flexibility index (Phi) is 5.46. The minimum absolute atomic E-state index is 0.148. The number of hydrogen-bond donors (Lipinski definition) is 1. The first-order valence-corrected chi connectivity index (χ1v) is 11.4. The zero-order valence-corrected chi connectivity index (χ0v) is 19.1. The molecule has 0 radical (unpaired) electrons. The summed E-state index contributed by atoms with van der Waals surface area (Å²) in [5, 5.41) is 5.88. The fourth-order valence-electron chi connectivity index (χ4n) is 5.15. The summed E-state index contributed by atoms with van der Waals surface area (Å²) in [5.41, 5.74) is 8.82. The lowest BCUT2D eigenvalue weighted by Crippen LogP contribution is -2.45. The quantitative estimate of drug-likeness (QED) is 0.666. The summed E-state index contributed by atoms with van der Waals surface area (Å²) in [4.78, 5) is 15.7. The van der Waals surface area contributed by atoms with Crippen molar-refractivity contribution in [2.24, 2.45) is 0 Å². The number of ether oxygens (including phenoxy) is 2. The highest BCUT2D eigenvalue weighted by Gasteiger charge is 2.30. The predicted octanol–water partition coefficient (Wildman–Crippen LogP) is 3.21. The van der Waals surface area contributed by atoms with Crippen molar-refractivity contribution in [1.82, 2.24) is 24.7 Å². The highest BCUT2D eigenvalue weighted by Crippen LogP contribution is 2.36. The molecule has 2 aliphatic heterocycles. The Morgan fingerprint density at radius 3 is 2.34 bits per heavy atom. The van der Waals surface area contributed by atoms with Crippen molar-refractivity contribution in [3.05, 3.63) is 24.7 Å². The first-order valence-electron chi connectivity index (χ1n) is 11.4. The van der Waals surface area contributed by atoms with E-state index >= 15 is 0 Å². The number of nitrogens with two attached hydrogens (primary N) is 1. The highest BCUT2D eigenvalue weighted by atomic mass is 16.5. The van der Waals surface area contributed by atoms with Crippen LogP contribution in [0.3, 0.4) is 0 Å². The summed E-state index contributed by atoms with van der Waals surface area (Å²) < 4.78 is 13.9. The van der Waals surface area contributed by atoms with Gasteiger partial charge in [-0.15, -0.1) is 0 Å². The van der Waals surface area contributed by atoms with Gasteiger partial charge in [-0.3, -0.25) is 4.68 Å². The fraction of sp³-hybridized carbons (Fsp3) is 0.565. The third kappa shape index (κ3) is 3.91. The molecule has 3 aromatic rings. The van der Waals surface area contributed by atoms with Crippen LogP contribution in [0.1, 0.15) is 46.6 Å². The van der Waals surface area contributed by atoms with Gasteiger partial charge in [0.25, 0.3) is 0 Å². The van der Waals surface area contributed by atoms with E-state index in [4.69, 9.17) is 20.3 Å². The Hall–Kier alpha value is -2.78. The number of nitrogen functional groups attached to an aromatic ring is 1. The van der Waals surface area contributed by atoms with Gasteiger partial charge >= 0.3 is 0 Å². The summed E-state index contributed by atoms with van der Waals surface area (Å²) in [6, 6.07) is 4.22. The Morgan fingerprint density at radius 2 is 1.62 bits per heavy atom. The molecule has 4 atom stereocenters. The van der Waals surface area contributed by atoms with Crippen molar-refractivity contribution < 1.29 is 9.47 Å². The maximum absolute atomic E-state index is 6.35. The minimum Gasteiger partial charge on any atom is -0.383 e. The topological polar surface area (TPSA) is 104 Å². The molecule has 0 bridgehead atoms. The fourth-order valence-corrected chi connectivity index (χ4v) is 5.15. The zero-order chi connectivity index (χ0) is 22.4. The van der Waals surface area contributed by atoms with Crippen molar-refractivity contribution >= 4 is 22.5 Å². The van der Waals surface area contributed by atoms with E-state index in [2.05, 4.69) is 52.2 Å². The molecule has 9 heteroatoms. The summed E-state index contributed by atoms with van der Waals surface area (Å²) in [6.45, 7) is 9.98. The molecule has 32 heavy (non-hydrogen) atoms. The van der Waals surface area contributed by atoms with Gasteiger partial charge in [-0.1, -0.05) is 0 Å². The van der Waals surface area contributed by atoms with E-state index in [1.165, 1.54) is 0 Å². The highest BCUT2D eigenvalue weighted by molar-refractivity contribution is 5.99. The Bertz CT molecular complexity index is 1100. The second kappa shape index (κ2) is 8.29. The monoisotopic (exact) mass is 437 g/mol. The summed E-state index contributed by atoms with van der Waals surface area (Å²) >= 11 is 0. The van der Waals surface area contributed by atoms with Crippen LogP contribution >= 0.6 is 0 Å². The summed E-state index contributed by atoms with van der Waals surface area (Å²) in [7, 11) is 0. The lowest BCUT2D eigenvalue weighted by Gasteiger charge is -2.36. The second-order valence-corrected chi connectivity index (χ2v) is 9.19. The lowest BCUT2D eigenvalue weighted by molar-refractivity contribution is -0.0498.